The molecular weight excluding hydrogens is 597 g/mol. The maximum absolute atomic E-state index is 4.40. The summed E-state index contributed by atoms with van der Waals surface area (Å²) in [5.74, 6) is 0. The second-order valence-corrected chi connectivity index (χ2v) is 12.8. The summed E-state index contributed by atoms with van der Waals surface area (Å²) in [6.07, 6.45) is 27.2. The van der Waals surface area contributed by atoms with Crippen LogP contribution in [0.4, 0.5) is 5.69 Å². The number of allylic oxidation sites excluding steroid dienone is 11. The zero-order chi connectivity index (χ0) is 33.6. The zero-order valence-electron chi connectivity index (χ0n) is 28.2. The molecule has 3 N–H and O–H groups in total. The lowest BCUT2D eigenvalue weighted by Gasteiger charge is -2.36. The quantitative estimate of drug-likeness (QED) is 0.143. The number of anilines is 1. The van der Waals surface area contributed by atoms with Gasteiger partial charge in [0.2, 0.25) is 0 Å². The summed E-state index contributed by atoms with van der Waals surface area (Å²) in [5, 5.41) is 12.3. The van der Waals surface area contributed by atoms with Crippen molar-refractivity contribution in [2.45, 2.75) is 44.8 Å². The van der Waals surface area contributed by atoms with E-state index in [1.54, 1.807) is 0 Å². The Kier molecular flexibility index (Phi) is 9.58. The van der Waals surface area contributed by atoms with Gasteiger partial charge in [-0.05, 0) is 96.4 Å². The Morgan fingerprint density at radius 3 is 2.67 bits per heavy atom. The summed E-state index contributed by atoms with van der Waals surface area (Å²) in [6.45, 7) is 11.0. The second kappa shape index (κ2) is 14.7. The molecular formula is C45H44N4. The number of rotatable bonds is 11. The molecule has 2 heterocycles. The fourth-order valence-corrected chi connectivity index (χ4v) is 6.99. The van der Waals surface area contributed by atoms with Crippen molar-refractivity contribution < 1.29 is 0 Å². The van der Waals surface area contributed by atoms with Gasteiger partial charge in [0, 0.05) is 34.4 Å². The Morgan fingerprint density at radius 1 is 0.959 bits per heavy atom. The number of aryl methyl sites for hydroxylation is 1. The third-order valence-electron chi connectivity index (χ3n) is 9.63. The SMILES string of the molecule is C=C(/C=C\C=C/Nc1cccc(C2NC(c3ccccc3)=C3C=CC=CC3N2)c1)C(=C)CCc1c(C)c2ccccc2n1C1=CC=CCC1. The topological polar surface area (TPSA) is 41.0 Å². The fraction of sp³-hybridized carbons (Fsp3) is 0.156. The van der Waals surface area contributed by atoms with Gasteiger partial charge in [0.05, 0.1) is 11.6 Å². The first-order valence-electron chi connectivity index (χ1n) is 17.3. The number of fused-ring (bicyclic) bond motifs is 2. The van der Waals surface area contributed by atoms with Gasteiger partial charge < -0.3 is 15.2 Å². The number of benzene rings is 3. The maximum Gasteiger partial charge on any atom is 0.104 e. The maximum atomic E-state index is 4.40. The Labute approximate surface area is 290 Å². The fourth-order valence-electron chi connectivity index (χ4n) is 6.99. The lowest BCUT2D eigenvalue weighted by Crippen LogP contribution is -2.45. The van der Waals surface area contributed by atoms with Crippen LogP contribution in [0.25, 0.3) is 22.3 Å². The van der Waals surface area contributed by atoms with Crippen molar-refractivity contribution in [3.8, 4) is 0 Å². The molecule has 2 atom stereocenters. The number of hydrogen-bond acceptors (Lipinski definition) is 3. The van der Waals surface area contributed by atoms with Gasteiger partial charge in [-0.15, -0.1) is 0 Å². The highest BCUT2D eigenvalue weighted by molar-refractivity contribution is 5.88. The van der Waals surface area contributed by atoms with Gasteiger partial charge in [0.25, 0.3) is 0 Å². The lowest BCUT2D eigenvalue weighted by atomic mass is 9.92. The van der Waals surface area contributed by atoms with Crippen LogP contribution in [0.5, 0.6) is 0 Å². The minimum Gasteiger partial charge on any atom is -0.365 e. The monoisotopic (exact) mass is 640 g/mol. The van der Waals surface area contributed by atoms with Gasteiger partial charge in [0.1, 0.15) is 6.17 Å². The summed E-state index contributed by atoms with van der Waals surface area (Å²) in [7, 11) is 0. The summed E-state index contributed by atoms with van der Waals surface area (Å²) in [5.41, 5.74) is 13.2. The second-order valence-electron chi connectivity index (χ2n) is 12.8. The van der Waals surface area contributed by atoms with E-state index >= 15 is 0 Å². The van der Waals surface area contributed by atoms with Crippen molar-refractivity contribution in [3.05, 3.63) is 198 Å². The van der Waals surface area contributed by atoms with E-state index in [0.29, 0.717) is 0 Å². The van der Waals surface area contributed by atoms with Gasteiger partial charge in [-0.1, -0.05) is 122 Å². The summed E-state index contributed by atoms with van der Waals surface area (Å²) >= 11 is 0. The summed E-state index contributed by atoms with van der Waals surface area (Å²) < 4.78 is 2.48. The molecule has 0 bridgehead atoms. The highest BCUT2D eigenvalue weighted by Gasteiger charge is 2.28. The number of aromatic nitrogens is 1. The minimum absolute atomic E-state index is 0.0266. The highest BCUT2D eigenvalue weighted by Crippen LogP contribution is 2.34. The molecule has 244 valence electrons. The van der Waals surface area contributed by atoms with Gasteiger partial charge in [-0.25, -0.2) is 0 Å². The van der Waals surface area contributed by atoms with Crippen LogP contribution >= 0.6 is 0 Å². The van der Waals surface area contributed by atoms with Crippen molar-refractivity contribution >= 4 is 28.0 Å². The van der Waals surface area contributed by atoms with Gasteiger partial charge in [-0.3, -0.25) is 5.32 Å². The first kappa shape index (κ1) is 32.0. The molecule has 3 aromatic carbocycles. The molecule has 2 aliphatic carbocycles. The molecule has 4 heteroatoms. The Morgan fingerprint density at radius 2 is 1.82 bits per heavy atom. The molecule has 2 unspecified atom stereocenters. The minimum atomic E-state index is -0.0266. The first-order valence-corrected chi connectivity index (χ1v) is 17.3. The van der Waals surface area contributed by atoms with Gasteiger partial charge >= 0.3 is 0 Å². The normalized spacial score (nSPS) is 18.6. The van der Waals surface area contributed by atoms with Gasteiger partial charge in [0.15, 0.2) is 0 Å². The van der Waals surface area contributed by atoms with Crippen LogP contribution in [0, 0.1) is 6.92 Å². The lowest BCUT2D eigenvalue weighted by molar-refractivity contribution is 0.460. The molecule has 4 aromatic rings. The van der Waals surface area contributed by atoms with Crippen molar-refractivity contribution in [1.29, 1.82) is 0 Å². The van der Waals surface area contributed by atoms with Crippen LogP contribution in [0.15, 0.2) is 176 Å². The molecule has 4 nitrogen and oxygen atoms in total. The molecule has 0 amide bonds. The van der Waals surface area contributed by atoms with Crippen molar-refractivity contribution in [1.82, 2.24) is 15.2 Å². The van der Waals surface area contributed by atoms with Crippen LogP contribution in [-0.4, -0.2) is 10.6 Å². The van der Waals surface area contributed by atoms with E-state index in [9.17, 15) is 0 Å². The largest absolute Gasteiger partial charge is 0.365 e. The standard InChI is InChI=1S/C45H44N4/c1-32(33(2)28-29-42-34(3)39-24-11-13-27-43(39)49(42)38-22-8-5-9-23-38)17-14-15-30-46-37-21-16-20-36(31-37)45-47-41-26-12-10-25-40(41)44(48-45)35-18-6-4-7-19-35/h4-8,10-22,24-27,30-31,41,45-48H,1-2,9,23,28-29H2,3H3/b17-14-,30-15-. The van der Waals surface area contributed by atoms with Crippen LogP contribution < -0.4 is 16.0 Å². The molecule has 0 spiro atoms. The third-order valence-corrected chi connectivity index (χ3v) is 9.63. The van der Waals surface area contributed by atoms with E-state index in [-0.39, 0.29) is 12.2 Å². The number of hydrogen-bond donors (Lipinski definition) is 3. The van der Waals surface area contributed by atoms with E-state index < -0.39 is 0 Å². The number of para-hydroxylation sites is 1. The Balaban J connectivity index is 0.969. The van der Waals surface area contributed by atoms with Crippen LogP contribution in [0.3, 0.4) is 0 Å². The summed E-state index contributed by atoms with van der Waals surface area (Å²) in [4.78, 5) is 0. The zero-order valence-corrected chi connectivity index (χ0v) is 28.2. The predicted octanol–water partition coefficient (Wildman–Crippen LogP) is 10.5. The smallest absolute Gasteiger partial charge is 0.104 e. The van der Waals surface area contributed by atoms with Crippen LogP contribution in [0.2, 0.25) is 0 Å². The molecule has 49 heavy (non-hydrogen) atoms. The highest BCUT2D eigenvalue weighted by atomic mass is 15.2. The van der Waals surface area contributed by atoms with E-state index in [2.05, 4.69) is 162 Å². The number of nitrogens with one attached hydrogen (secondary N) is 3. The van der Waals surface area contributed by atoms with Crippen molar-refractivity contribution in [2.75, 3.05) is 5.32 Å². The van der Waals surface area contributed by atoms with Crippen molar-refractivity contribution in [2.24, 2.45) is 0 Å². The average Bonchev–Trinajstić information content (AvgIpc) is 3.44. The molecule has 7 rings (SSSR count). The Bertz CT molecular complexity index is 2090. The van der Waals surface area contributed by atoms with E-state index in [4.69, 9.17) is 0 Å². The van der Waals surface area contributed by atoms with Crippen molar-refractivity contribution in [3.63, 3.8) is 0 Å². The van der Waals surface area contributed by atoms with E-state index in [0.717, 1.165) is 48.2 Å². The number of nitrogens with zero attached hydrogens (tertiary/aromatic N) is 1. The Hall–Kier alpha value is -5.58. The van der Waals surface area contributed by atoms with Crippen LogP contribution in [-0.2, 0) is 6.42 Å². The molecule has 0 saturated heterocycles. The van der Waals surface area contributed by atoms with Crippen LogP contribution in [0.1, 0.15) is 47.8 Å². The predicted molar refractivity (Wildman–Crippen MR) is 209 cm³/mol. The van der Waals surface area contributed by atoms with E-state index in [1.165, 1.54) is 44.6 Å². The molecule has 3 aliphatic rings. The van der Waals surface area contributed by atoms with E-state index in [1.807, 2.05) is 24.4 Å². The van der Waals surface area contributed by atoms with Gasteiger partial charge in [-0.2, -0.15) is 0 Å². The molecule has 0 radical (unpaired) electrons. The molecule has 1 aromatic heterocycles. The third kappa shape index (κ3) is 7.01. The summed E-state index contributed by atoms with van der Waals surface area (Å²) in [6, 6.07) is 28.0. The molecule has 0 saturated carbocycles. The molecule has 0 fully saturated rings. The molecule has 1 aliphatic heterocycles. The first-order chi connectivity index (χ1) is 24.1. The average molecular weight is 641 g/mol.